The lowest BCUT2D eigenvalue weighted by Gasteiger charge is -2.10. The number of ether oxygens (including phenoxy) is 2. The molecule has 0 unspecified atom stereocenters. The average Bonchev–Trinajstić information content (AvgIpc) is 2.94. The highest BCUT2D eigenvalue weighted by atomic mass is 16.5. The second kappa shape index (κ2) is 10.1. The minimum absolute atomic E-state index is 0.221. The molecule has 0 atom stereocenters. The highest BCUT2D eigenvalue weighted by Gasteiger charge is 2.08. The van der Waals surface area contributed by atoms with E-state index in [1.165, 1.54) is 0 Å². The molecule has 190 valence electrons. The summed E-state index contributed by atoms with van der Waals surface area (Å²) in [6.07, 6.45) is 0. The summed E-state index contributed by atoms with van der Waals surface area (Å²) in [6, 6.07) is 35.7. The number of fused-ring (bicyclic) bond motifs is 2. The molecule has 0 saturated heterocycles. The maximum absolute atomic E-state index is 12.8. The summed E-state index contributed by atoms with van der Waals surface area (Å²) < 4.78 is 11.9. The standard InChI is InChI=1S/C33H23NO5/c35-27-9-1-24-19-31(13-5-22(24)17-27)38-29-11-3-21(4-12-29)33(37)34-26-7-15-30(16-8-26)39-32-14-6-23-18-28(36)10-2-25(23)20-32/h1-20,35-36H,(H,34,37). The molecular formula is C33H23NO5. The second-order valence-electron chi connectivity index (χ2n) is 9.09. The van der Waals surface area contributed by atoms with Crippen molar-refractivity contribution in [2.45, 2.75) is 0 Å². The highest BCUT2D eigenvalue weighted by molar-refractivity contribution is 6.04. The number of amides is 1. The van der Waals surface area contributed by atoms with Gasteiger partial charge in [0.1, 0.15) is 34.5 Å². The smallest absolute Gasteiger partial charge is 0.255 e. The molecule has 0 bridgehead atoms. The minimum Gasteiger partial charge on any atom is -0.508 e. The van der Waals surface area contributed by atoms with Crippen molar-refractivity contribution < 1.29 is 24.5 Å². The molecule has 6 rings (SSSR count). The molecule has 0 fully saturated rings. The van der Waals surface area contributed by atoms with Gasteiger partial charge in [-0.15, -0.1) is 0 Å². The van der Waals surface area contributed by atoms with E-state index in [1.54, 1.807) is 72.8 Å². The third-order valence-electron chi connectivity index (χ3n) is 6.29. The number of hydrogen-bond acceptors (Lipinski definition) is 5. The molecule has 1 amide bonds. The number of hydrogen-bond donors (Lipinski definition) is 3. The van der Waals surface area contributed by atoms with Crippen LogP contribution in [0.3, 0.4) is 0 Å². The van der Waals surface area contributed by atoms with Gasteiger partial charge >= 0.3 is 0 Å². The Hall–Kier alpha value is -5.49. The predicted molar refractivity (Wildman–Crippen MR) is 152 cm³/mol. The summed E-state index contributed by atoms with van der Waals surface area (Å²) in [5.41, 5.74) is 1.14. The lowest BCUT2D eigenvalue weighted by Crippen LogP contribution is -2.11. The van der Waals surface area contributed by atoms with Gasteiger partial charge in [0.25, 0.3) is 5.91 Å². The van der Waals surface area contributed by atoms with Crippen molar-refractivity contribution in [1.82, 2.24) is 0 Å². The van der Waals surface area contributed by atoms with Crippen LogP contribution in [0.2, 0.25) is 0 Å². The van der Waals surface area contributed by atoms with Gasteiger partial charge in [0, 0.05) is 11.3 Å². The van der Waals surface area contributed by atoms with E-state index in [0.29, 0.717) is 34.2 Å². The molecule has 6 aromatic carbocycles. The van der Waals surface area contributed by atoms with Crippen LogP contribution in [0.15, 0.2) is 121 Å². The topological polar surface area (TPSA) is 88.0 Å². The largest absolute Gasteiger partial charge is 0.508 e. The number of rotatable bonds is 6. The quantitative estimate of drug-likeness (QED) is 0.209. The Bertz CT molecular complexity index is 1810. The molecule has 6 nitrogen and oxygen atoms in total. The van der Waals surface area contributed by atoms with Gasteiger partial charge < -0.3 is 25.0 Å². The van der Waals surface area contributed by atoms with Gasteiger partial charge in [-0.3, -0.25) is 4.79 Å². The third kappa shape index (κ3) is 5.45. The summed E-state index contributed by atoms with van der Waals surface area (Å²) in [5.74, 6) is 2.79. The van der Waals surface area contributed by atoms with Crippen molar-refractivity contribution in [1.29, 1.82) is 0 Å². The molecule has 0 radical (unpaired) electrons. The summed E-state index contributed by atoms with van der Waals surface area (Å²) in [5, 5.41) is 25.9. The first-order valence-corrected chi connectivity index (χ1v) is 12.3. The van der Waals surface area contributed by atoms with Crippen molar-refractivity contribution in [3.63, 3.8) is 0 Å². The van der Waals surface area contributed by atoms with Crippen molar-refractivity contribution in [2.24, 2.45) is 0 Å². The number of phenolic OH excluding ortho intramolecular Hbond substituents is 2. The van der Waals surface area contributed by atoms with Gasteiger partial charge in [0.2, 0.25) is 0 Å². The van der Waals surface area contributed by atoms with Crippen molar-refractivity contribution in [2.75, 3.05) is 5.32 Å². The van der Waals surface area contributed by atoms with Crippen LogP contribution in [0.25, 0.3) is 21.5 Å². The maximum Gasteiger partial charge on any atom is 0.255 e. The van der Waals surface area contributed by atoms with Crippen LogP contribution < -0.4 is 14.8 Å². The number of aromatic hydroxyl groups is 2. The Morgan fingerprint density at radius 1 is 0.487 bits per heavy atom. The Balaban J connectivity index is 1.08. The lowest BCUT2D eigenvalue weighted by atomic mass is 10.1. The zero-order chi connectivity index (χ0) is 26.8. The maximum atomic E-state index is 12.8. The van der Waals surface area contributed by atoms with E-state index in [1.807, 2.05) is 48.5 Å². The molecular weight excluding hydrogens is 490 g/mol. The van der Waals surface area contributed by atoms with Crippen LogP contribution in [0, 0.1) is 0 Å². The fourth-order valence-electron chi connectivity index (χ4n) is 4.31. The molecule has 3 N–H and O–H groups in total. The lowest BCUT2D eigenvalue weighted by molar-refractivity contribution is 0.102. The van der Waals surface area contributed by atoms with E-state index in [2.05, 4.69) is 5.32 Å². The van der Waals surface area contributed by atoms with Gasteiger partial charge in [0.15, 0.2) is 0 Å². The van der Waals surface area contributed by atoms with E-state index >= 15 is 0 Å². The molecule has 6 aromatic rings. The van der Waals surface area contributed by atoms with Crippen LogP contribution in [0.4, 0.5) is 5.69 Å². The third-order valence-corrected chi connectivity index (χ3v) is 6.29. The number of carbonyl (C=O) groups excluding carboxylic acids is 1. The molecule has 0 saturated carbocycles. The van der Waals surface area contributed by atoms with Crippen LogP contribution in [-0.4, -0.2) is 16.1 Å². The summed E-state index contributed by atoms with van der Waals surface area (Å²) in [6.45, 7) is 0. The zero-order valence-electron chi connectivity index (χ0n) is 20.7. The monoisotopic (exact) mass is 513 g/mol. The Kier molecular flexibility index (Phi) is 6.19. The van der Waals surface area contributed by atoms with Crippen LogP contribution in [-0.2, 0) is 0 Å². The van der Waals surface area contributed by atoms with Gasteiger partial charge in [-0.25, -0.2) is 0 Å². The molecule has 0 spiro atoms. The van der Waals surface area contributed by atoms with Crippen molar-refractivity contribution >= 4 is 33.1 Å². The van der Waals surface area contributed by atoms with E-state index in [4.69, 9.17) is 9.47 Å². The number of phenols is 2. The summed E-state index contributed by atoms with van der Waals surface area (Å²) >= 11 is 0. The van der Waals surface area contributed by atoms with E-state index in [-0.39, 0.29) is 17.4 Å². The molecule has 0 heterocycles. The van der Waals surface area contributed by atoms with E-state index in [9.17, 15) is 15.0 Å². The van der Waals surface area contributed by atoms with Crippen LogP contribution >= 0.6 is 0 Å². The molecule has 0 aliphatic rings. The van der Waals surface area contributed by atoms with Crippen LogP contribution in [0.1, 0.15) is 10.4 Å². The SMILES string of the molecule is O=C(Nc1ccc(Oc2ccc3cc(O)ccc3c2)cc1)c1ccc(Oc2ccc3cc(O)ccc3c2)cc1. The summed E-state index contributed by atoms with van der Waals surface area (Å²) in [7, 11) is 0. The number of nitrogens with one attached hydrogen (secondary N) is 1. The zero-order valence-corrected chi connectivity index (χ0v) is 20.7. The van der Waals surface area contributed by atoms with E-state index < -0.39 is 0 Å². The van der Waals surface area contributed by atoms with Crippen LogP contribution in [0.5, 0.6) is 34.5 Å². The normalized spacial score (nSPS) is 10.9. The number of anilines is 1. The predicted octanol–water partition coefficient (Wildman–Crippen LogP) is 8.24. The first-order valence-electron chi connectivity index (χ1n) is 12.3. The average molecular weight is 514 g/mol. The molecule has 0 aliphatic heterocycles. The Morgan fingerprint density at radius 2 is 0.897 bits per heavy atom. The van der Waals surface area contributed by atoms with Gasteiger partial charge in [0.05, 0.1) is 0 Å². The molecule has 0 aliphatic carbocycles. The number of benzene rings is 6. The van der Waals surface area contributed by atoms with Gasteiger partial charge in [-0.05, 0) is 119 Å². The fraction of sp³-hybridized carbons (Fsp3) is 0. The molecule has 39 heavy (non-hydrogen) atoms. The van der Waals surface area contributed by atoms with Gasteiger partial charge in [-0.1, -0.05) is 24.3 Å². The first-order chi connectivity index (χ1) is 19.0. The fourth-order valence-corrected chi connectivity index (χ4v) is 4.31. The highest BCUT2D eigenvalue weighted by Crippen LogP contribution is 2.30. The van der Waals surface area contributed by atoms with Crippen molar-refractivity contribution in [3.8, 4) is 34.5 Å². The Morgan fingerprint density at radius 3 is 1.41 bits per heavy atom. The summed E-state index contributed by atoms with van der Waals surface area (Å²) in [4.78, 5) is 12.8. The van der Waals surface area contributed by atoms with Gasteiger partial charge in [-0.2, -0.15) is 0 Å². The van der Waals surface area contributed by atoms with E-state index in [0.717, 1.165) is 21.5 Å². The second-order valence-corrected chi connectivity index (χ2v) is 9.09. The molecule has 6 heteroatoms. The first kappa shape index (κ1) is 23.9. The van der Waals surface area contributed by atoms with Crippen molar-refractivity contribution in [3.05, 3.63) is 127 Å². The number of carbonyl (C=O) groups is 1. The minimum atomic E-state index is -0.237. The Labute approximate surface area is 224 Å². The molecule has 0 aromatic heterocycles.